The standard InChI is InChI=1S/C17H20FNO3/c1-11(10-15(20)16-8-5-9-22-16)19-17(21)12(2)13-6-3-4-7-14(13)18/h3-9,11-12,15,20H,10H2,1-2H3,(H,19,21). The molecule has 0 fully saturated rings. The molecule has 0 spiro atoms. The fourth-order valence-electron chi connectivity index (χ4n) is 2.33. The Morgan fingerprint density at radius 2 is 2.00 bits per heavy atom. The van der Waals surface area contributed by atoms with Crippen LogP contribution in [0.5, 0.6) is 0 Å². The van der Waals surface area contributed by atoms with Gasteiger partial charge in [-0.1, -0.05) is 18.2 Å². The van der Waals surface area contributed by atoms with E-state index in [1.165, 1.54) is 12.3 Å². The maximum Gasteiger partial charge on any atom is 0.227 e. The molecule has 0 aliphatic rings. The van der Waals surface area contributed by atoms with Crippen LogP contribution in [-0.4, -0.2) is 17.1 Å². The molecule has 3 atom stereocenters. The van der Waals surface area contributed by atoms with Crippen molar-refractivity contribution in [2.24, 2.45) is 0 Å². The Hall–Kier alpha value is -2.14. The second-order valence-corrected chi connectivity index (χ2v) is 5.42. The monoisotopic (exact) mass is 305 g/mol. The van der Waals surface area contributed by atoms with Gasteiger partial charge in [-0.25, -0.2) is 4.39 Å². The first kappa shape index (κ1) is 16.2. The van der Waals surface area contributed by atoms with Crippen molar-refractivity contribution in [3.8, 4) is 0 Å². The summed E-state index contributed by atoms with van der Waals surface area (Å²) in [6, 6.07) is 9.34. The fraction of sp³-hybridized carbons (Fsp3) is 0.353. The van der Waals surface area contributed by atoms with E-state index in [2.05, 4.69) is 5.32 Å². The summed E-state index contributed by atoms with van der Waals surface area (Å²) in [6.45, 7) is 3.45. The van der Waals surface area contributed by atoms with E-state index < -0.39 is 17.8 Å². The minimum Gasteiger partial charge on any atom is -0.467 e. The molecule has 22 heavy (non-hydrogen) atoms. The minimum absolute atomic E-state index is 0.262. The second kappa shape index (κ2) is 7.22. The summed E-state index contributed by atoms with van der Waals surface area (Å²) < 4.78 is 18.8. The molecule has 5 heteroatoms. The number of halogens is 1. The van der Waals surface area contributed by atoms with E-state index in [0.29, 0.717) is 17.7 Å². The van der Waals surface area contributed by atoms with Crippen LogP contribution in [-0.2, 0) is 4.79 Å². The van der Waals surface area contributed by atoms with Crippen LogP contribution in [0.4, 0.5) is 4.39 Å². The molecular weight excluding hydrogens is 285 g/mol. The number of furan rings is 1. The first-order valence-electron chi connectivity index (χ1n) is 7.25. The number of carbonyl (C=O) groups excluding carboxylic acids is 1. The molecule has 1 heterocycles. The molecule has 1 amide bonds. The van der Waals surface area contributed by atoms with Crippen LogP contribution in [0, 0.1) is 5.82 Å². The largest absolute Gasteiger partial charge is 0.467 e. The van der Waals surface area contributed by atoms with Crippen LogP contribution in [0.1, 0.15) is 43.6 Å². The van der Waals surface area contributed by atoms with Crippen LogP contribution < -0.4 is 5.32 Å². The molecule has 2 N–H and O–H groups in total. The highest BCUT2D eigenvalue weighted by Crippen LogP contribution is 2.21. The lowest BCUT2D eigenvalue weighted by atomic mass is 9.99. The van der Waals surface area contributed by atoms with Gasteiger partial charge in [-0.05, 0) is 37.6 Å². The van der Waals surface area contributed by atoms with Crippen molar-refractivity contribution in [1.29, 1.82) is 0 Å². The lowest BCUT2D eigenvalue weighted by molar-refractivity contribution is -0.123. The average molecular weight is 305 g/mol. The Bertz CT molecular complexity index is 612. The summed E-state index contributed by atoms with van der Waals surface area (Å²) in [4.78, 5) is 12.2. The Kier molecular flexibility index (Phi) is 5.33. The molecule has 1 aromatic carbocycles. The van der Waals surface area contributed by atoms with Gasteiger partial charge in [0.25, 0.3) is 0 Å². The molecule has 0 radical (unpaired) electrons. The van der Waals surface area contributed by atoms with Gasteiger partial charge in [-0.15, -0.1) is 0 Å². The second-order valence-electron chi connectivity index (χ2n) is 5.42. The van der Waals surface area contributed by atoms with Crippen LogP contribution in [0.3, 0.4) is 0 Å². The number of amides is 1. The third-order valence-electron chi connectivity index (χ3n) is 3.60. The average Bonchev–Trinajstić information content (AvgIpc) is 3.01. The van der Waals surface area contributed by atoms with Crippen molar-refractivity contribution >= 4 is 5.91 Å². The predicted molar refractivity (Wildman–Crippen MR) is 80.7 cm³/mol. The van der Waals surface area contributed by atoms with Gasteiger partial charge in [0, 0.05) is 12.5 Å². The number of nitrogens with one attached hydrogen (secondary N) is 1. The first-order valence-corrected chi connectivity index (χ1v) is 7.25. The van der Waals surface area contributed by atoms with Gasteiger partial charge in [0.1, 0.15) is 17.7 Å². The van der Waals surface area contributed by atoms with E-state index in [1.54, 1.807) is 44.2 Å². The van der Waals surface area contributed by atoms with Gasteiger partial charge < -0.3 is 14.8 Å². The number of aliphatic hydroxyl groups is 1. The quantitative estimate of drug-likeness (QED) is 0.862. The van der Waals surface area contributed by atoms with E-state index in [0.717, 1.165) is 0 Å². The van der Waals surface area contributed by atoms with Crippen molar-refractivity contribution in [2.45, 2.75) is 38.3 Å². The molecule has 1 aromatic heterocycles. The summed E-state index contributed by atoms with van der Waals surface area (Å²) in [6.07, 6.45) is 1.03. The van der Waals surface area contributed by atoms with E-state index in [9.17, 15) is 14.3 Å². The zero-order chi connectivity index (χ0) is 16.1. The SMILES string of the molecule is CC(CC(O)c1ccco1)NC(=O)C(C)c1ccccc1F. The highest BCUT2D eigenvalue weighted by molar-refractivity contribution is 5.83. The Labute approximate surface area is 129 Å². The van der Waals surface area contributed by atoms with E-state index in [-0.39, 0.29) is 11.9 Å². The number of hydrogen-bond donors (Lipinski definition) is 2. The molecule has 2 aromatic rings. The molecule has 0 saturated carbocycles. The maximum absolute atomic E-state index is 13.7. The van der Waals surface area contributed by atoms with E-state index >= 15 is 0 Å². The molecule has 118 valence electrons. The number of aliphatic hydroxyl groups excluding tert-OH is 1. The highest BCUT2D eigenvalue weighted by atomic mass is 19.1. The molecule has 3 unspecified atom stereocenters. The van der Waals surface area contributed by atoms with Crippen LogP contribution >= 0.6 is 0 Å². The first-order chi connectivity index (χ1) is 10.5. The maximum atomic E-state index is 13.7. The van der Waals surface area contributed by atoms with Crippen molar-refractivity contribution in [3.05, 3.63) is 59.8 Å². The molecule has 0 aliphatic carbocycles. The van der Waals surface area contributed by atoms with Gasteiger partial charge in [-0.3, -0.25) is 4.79 Å². The van der Waals surface area contributed by atoms with Crippen molar-refractivity contribution in [1.82, 2.24) is 5.32 Å². The van der Waals surface area contributed by atoms with Crippen molar-refractivity contribution < 1.29 is 18.7 Å². The summed E-state index contributed by atoms with van der Waals surface area (Å²) >= 11 is 0. The normalized spacial score (nSPS) is 15.1. The highest BCUT2D eigenvalue weighted by Gasteiger charge is 2.22. The Morgan fingerprint density at radius 3 is 2.64 bits per heavy atom. The fourth-order valence-corrected chi connectivity index (χ4v) is 2.33. The van der Waals surface area contributed by atoms with Crippen molar-refractivity contribution in [3.63, 3.8) is 0 Å². The topological polar surface area (TPSA) is 62.5 Å². The van der Waals surface area contributed by atoms with Crippen LogP contribution in [0.2, 0.25) is 0 Å². The molecule has 4 nitrogen and oxygen atoms in total. The predicted octanol–water partition coefficient (Wildman–Crippen LogP) is 3.15. The number of hydrogen-bond acceptors (Lipinski definition) is 3. The smallest absolute Gasteiger partial charge is 0.227 e. The third kappa shape index (κ3) is 3.95. The van der Waals surface area contributed by atoms with Crippen molar-refractivity contribution in [2.75, 3.05) is 0 Å². The summed E-state index contributed by atoms with van der Waals surface area (Å²) in [5.74, 6) is -0.801. The van der Waals surface area contributed by atoms with Gasteiger partial charge >= 0.3 is 0 Å². The third-order valence-corrected chi connectivity index (χ3v) is 3.60. The zero-order valence-corrected chi connectivity index (χ0v) is 12.6. The van der Waals surface area contributed by atoms with Crippen LogP contribution in [0.25, 0.3) is 0 Å². The zero-order valence-electron chi connectivity index (χ0n) is 12.6. The van der Waals surface area contributed by atoms with Gasteiger partial charge in [0.2, 0.25) is 5.91 Å². The molecule has 2 rings (SSSR count). The van der Waals surface area contributed by atoms with Gasteiger partial charge in [0.05, 0.1) is 12.2 Å². The summed E-state index contributed by atoms with van der Waals surface area (Å²) in [5.41, 5.74) is 0.360. The van der Waals surface area contributed by atoms with E-state index in [1.807, 2.05) is 0 Å². The summed E-state index contributed by atoms with van der Waals surface area (Å²) in [5, 5.41) is 12.8. The number of rotatable bonds is 6. The van der Waals surface area contributed by atoms with Gasteiger partial charge in [0.15, 0.2) is 0 Å². The van der Waals surface area contributed by atoms with Crippen LogP contribution in [0.15, 0.2) is 47.1 Å². The van der Waals surface area contributed by atoms with E-state index in [4.69, 9.17) is 4.42 Å². The lowest BCUT2D eigenvalue weighted by Gasteiger charge is -2.20. The lowest BCUT2D eigenvalue weighted by Crippen LogP contribution is -2.36. The number of benzene rings is 1. The molecule has 0 saturated heterocycles. The molecular formula is C17H20FNO3. The molecule has 0 bridgehead atoms. The number of carbonyl (C=O) groups is 1. The summed E-state index contributed by atoms with van der Waals surface area (Å²) in [7, 11) is 0. The molecule has 0 aliphatic heterocycles. The Balaban J connectivity index is 1.92. The minimum atomic E-state index is -0.783. The van der Waals surface area contributed by atoms with Gasteiger partial charge in [-0.2, -0.15) is 0 Å². The Morgan fingerprint density at radius 1 is 1.27 bits per heavy atom.